The van der Waals surface area contributed by atoms with Crippen LogP contribution in [-0.4, -0.2) is 92.3 Å². The Kier molecular flexibility index (Phi) is 6.28. The van der Waals surface area contributed by atoms with E-state index in [1.807, 2.05) is 17.1 Å². The molecule has 1 aliphatic heterocycles. The molecule has 11 heteroatoms. The van der Waals surface area contributed by atoms with Crippen LogP contribution in [0.4, 0.5) is 0 Å². The van der Waals surface area contributed by atoms with Crippen LogP contribution in [-0.2, 0) is 27.3 Å². The largest absolute Gasteiger partial charge is 0.508 e. The summed E-state index contributed by atoms with van der Waals surface area (Å²) in [6, 6.07) is 0.439. The molecule has 39 heavy (non-hydrogen) atoms. The molecular weight excluding hydrogens is 506 g/mol. The van der Waals surface area contributed by atoms with Gasteiger partial charge in [0.1, 0.15) is 22.8 Å². The van der Waals surface area contributed by atoms with Crippen molar-refractivity contribution in [1.82, 2.24) is 9.80 Å². The van der Waals surface area contributed by atoms with Crippen LogP contribution in [0.3, 0.4) is 0 Å². The molecule has 0 aromatic heterocycles. The summed E-state index contributed by atoms with van der Waals surface area (Å²) in [5.74, 6) is -7.41. The van der Waals surface area contributed by atoms with Crippen LogP contribution < -0.4 is 5.73 Å². The summed E-state index contributed by atoms with van der Waals surface area (Å²) in [5.41, 5.74) is 2.53. The molecular formula is C28H31N3O8. The molecule has 1 aromatic rings. The average molecular weight is 538 g/mol. The van der Waals surface area contributed by atoms with Gasteiger partial charge in [0.15, 0.2) is 17.2 Å². The third-order valence-corrected chi connectivity index (χ3v) is 8.47. The molecule has 1 saturated carbocycles. The molecule has 0 bridgehead atoms. The lowest BCUT2D eigenvalue weighted by atomic mass is 9.57. The number of carbonyl (C=O) groups is 4. The first-order valence-corrected chi connectivity index (χ1v) is 12.7. The molecule has 1 amide bonds. The van der Waals surface area contributed by atoms with E-state index < -0.39 is 58.0 Å². The van der Waals surface area contributed by atoms with Crippen LogP contribution in [0, 0.1) is 11.8 Å². The first-order valence-electron chi connectivity index (χ1n) is 12.7. The fourth-order valence-electron chi connectivity index (χ4n) is 6.69. The van der Waals surface area contributed by atoms with Crippen molar-refractivity contribution in [3.63, 3.8) is 0 Å². The lowest BCUT2D eigenvalue weighted by molar-refractivity contribution is -0.153. The van der Waals surface area contributed by atoms with E-state index in [1.54, 1.807) is 6.07 Å². The third-order valence-electron chi connectivity index (χ3n) is 8.47. The number of fused-ring (bicyclic) bond motifs is 3. The van der Waals surface area contributed by atoms with Gasteiger partial charge in [0, 0.05) is 42.3 Å². The first kappa shape index (κ1) is 26.8. The molecule has 0 saturated heterocycles. The molecule has 0 unspecified atom stereocenters. The molecule has 4 atom stereocenters. The number of amides is 1. The lowest BCUT2D eigenvalue weighted by Crippen LogP contribution is -2.65. The van der Waals surface area contributed by atoms with Crippen molar-refractivity contribution in [2.24, 2.45) is 17.6 Å². The number of nitrogens with zero attached hydrogens (tertiary/aromatic N) is 2. The summed E-state index contributed by atoms with van der Waals surface area (Å²) in [4.78, 5) is 55.4. The Balaban J connectivity index is 1.71. The molecule has 4 aliphatic rings. The Morgan fingerprint density at radius 1 is 1.15 bits per heavy atom. The molecule has 0 radical (unpaired) electrons. The van der Waals surface area contributed by atoms with Crippen molar-refractivity contribution in [3.05, 3.63) is 57.4 Å². The van der Waals surface area contributed by atoms with E-state index in [-0.39, 0.29) is 42.1 Å². The Bertz CT molecular complexity index is 1430. The number of phenolic OH excluding ortho intramolecular Hbond substituents is 1. The smallest absolute Gasteiger partial charge is 0.255 e. The highest BCUT2D eigenvalue weighted by molar-refractivity contribution is 6.24. The number of aromatic hydroxyl groups is 1. The summed E-state index contributed by atoms with van der Waals surface area (Å²) in [6.07, 6.45) is 3.98. The van der Waals surface area contributed by atoms with Gasteiger partial charge in [-0.1, -0.05) is 12.2 Å². The maximum Gasteiger partial charge on any atom is 0.255 e. The number of carbonyl (C=O) groups excluding carboxylic acids is 4. The number of aliphatic hydroxyl groups is 3. The van der Waals surface area contributed by atoms with Crippen LogP contribution in [0.15, 0.2) is 35.1 Å². The highest BCUT2D eigenvalue weighted by atomic mass is 16.3. The van der Waals surface area contributed by atoms with Gasteiger partial charge >= 0.3 is 0 Å². The Morgan fingerprint density at radius 2 is 1.79 bits per heavy atom. The van der Waals surface area contributed by atoms with Crippen molar-refractivity contribution in [2.75, 3.05) is 27.2 Å². The van der Waals surface area contributed by atoms with Crippen molar-refractivity contribution in [2.45, 2.75) is 38.0 Å². The van der Waals surface area contributed by atoms with E-state index in [1.165, 1.54) is 25.9 Å². The number of nitrogens with two attached hydrogens (primary N) is 1. The van der Waals surface area contributed by atoms with Crippen LogP contribution >= 0.6 is 0 Å². The zero-order chi connectivity index (χ0) is 28.5. The van der Waals surface area contributed by atoms with E-state index in [0.29, 0.717) is 29.8 Å². The zero-order valence-electron chi connectivity index (χ0n) is 21.9. The minimum atomic E-state index is -2.71. The SMILES string of the molecule is CC(=O)c1cc(CN2CC=CC2)c(O)c2c1C[C@H]1C[C@H]3[C@H](N(C)C)C(=O)C(C(N)=O)=C(O)[C@@]3(O)C(=O)C1=C2O. The van der Waals surface area contributed by atoms with Crippen molar-refractivity contribution in [1.29, 1.82) is 0 Å². The number of ketones is 3. The van der Waals surface area contributed by atoms with Crippen LogP contribution in [0.2, 0.25) is 0 Å². The molecule has 1 fully saturated rings. The molecule has 206 valence electrons. The second kappa shape index (κ2) is 9.15. The van der Waals surface area contributed by atoms with E-state index in [4.69, 9.17) is 5.73 Å². The molecule has 11 nitrogen and oxygen atoms in total. The number of aliphatic hydroxyl groups excluding tert-OH is 2. The molecule has 1 heterocycles. The zero-order valence-corrected chi connectivity index (χ0v) is 21.9. The van der Waals surface area contributed by atoms with E-state index >= 15 is 0 Å². The minimum absolute atomic E-state index is 0.0366. The van der Waals surface area contributed by atoms with Gasteiger partial charge < -0.3 is 26.2 Å². The van der Waals surface area contributed by atoms with Gasteiger partial charge in [-0.25, -0.2) is 0 Å². The summed E-state index contributed by atoms with van der Waals surface area (Å²) in [6.45, 7) is 2.96. The van der Waals surface area contributed by atoms with E-state index in [9.17, 15) is 39.6 Å². The van der Waals surface area contributed by atoms with Gasteiger partial charge in [0.2, 0.25) is 5.78 Å². The third kappa shape index (κ3) is 3.75. The fraction of sp³-hybridized carbons (Fsp3) is 0.429. The number of hydrogen-bond donors (Lipinski definition) is 5. The van der Waals surface area contributed by atoms with Gasteiger partial charge in [-0.15, -0.1) is 0 Å². The quantitative estimate of drug-likeness (QED) is 0.202. The van der Waals surface area contributed by atoms with Crippen LogP contribution in [0.25, 0.3) is 5.76 Å². The summed E-state index contributed by atoms with van der Waals surface area (Å²) in [7, 11) is 3.08. The summed E-state index contributed by atoms with van der Waals surface area (Å²) in [5, 5.41) is 45.4. The lowest BCUT2D eigenvalue weighted by Gasteiger charge is -2.50. The monoisotopic (exact) mass is 537 g/mol. The highest BCUT2D eigenvalue weighted by Crippen LogP contribution is 2.53. The highest BCUT2D eigenvalue weighted by Gasteiger charge is 2.64. The predicted octanol–water partition coefficient (Wildman–Crippen LogP) is 0.538. The van der Waals surface area contributed by atoms with E-state index in [2.05, 4.69) is 0 Å². The first-order chi connectivity index (χ1) is 18.3. The fourth-order valence-corrected chi connectivity index (χ4v) is 6.69. The van der Waals surface area contributed by atoms with Crippen molar-refractivity contribution >= 4 is 29.0 Å². The van der Waals surface area contributed by atoms with Gasteiger partial charge in [-0.2, -0.15) is 0 Å². The van der Waals surface area contributed by atoms with E-state index in [0.717, 1.165) is 0 Å². The van der Waals surface area contributed by atoms with Gasteiger partial charge in [0.25, 0.3) is 5.91 Å². The standard InChI is InChI=1S/C28H31N3O8/c1-12(32)15-9-14(11-31-6-4-5-7-31)22(33)19-16(15)8-13-10-17-21(30(2)3)24(35)20(27(29)38)26(37)28(17,39)25(36)18(13)23(19)34/h4-5,9,13,17,21,33-34,37,39H,6-8,10-11H2,1-3H3,(H2,29,38)/t13-,17-,21-,28-/m0/s1. The van der Waals surface area contributed by atoms with Gasteiger partial charge in [0.05, 0.1) is 11.6 Å². The van der Waals surface area contributed by atoms with Gasteiger partial charge in [-0.3, -0.25) is 29.0 Å². The summed E-state index contributed by atoms with van der Waals surface area (Å²) < 4.78 is 0. The number of likely N-dealkylation sites (N-methyl/N-ethyl adjacent to an activating group) is 1. The molecule has 5 rings (SSSR count). The second-order valence-electron chi connectivity index (χ2n) is 11.0. The molecule has 1 aromatic carbocycles. The molecule has 3 aliphatic carbocycles. The number of primary amides is 1. The molecule has 0 spiro atoms. The maximum atomic E-state index is 14.0. The number of benzene rings is 1. The topological polar surface area (TPSA) is 182 Å². The van der Waals surface area contributed by atoms with Crippen molar-refractivity contribution < 1.29 is 39.6 Å². The Morgan fingerprint density at radius 3 is 2.36 bits per heavy atom. The van der Waals surface area contributed by atoms with Gasteiger partial charge in [-0.05, 0) is 51.4 Å². The Hall–Kier alpha value is -3.80. The Labute approximate surface area is 224 Å². The van der Waals surface area contributed by atoms with Crippen LogP contribution in [0.1, 0.15) is 40.4 Å². The molecule has 6 N–H and O–H groups in total. The average Bonchev–Trinajstić information content (AvgIpc) is 3.35. The minimum Gasteiger partial charge on any atom is -0.508 e. The predicted molar refractivity (Wildman–Crippen MR) is 139 cm³/mol. The number of phenols is 1. The maximum absolute atomic E-state index is 14.0. The number of hydrogen-bond acceptors (Lipinski definition) is 10. The summed E-state index contributed by atoms with van der Waals surface area (Å²) >= 11 is 0. The number of Topliss-reactive ketones (excluding diaryl/α,β-unsaturated/α-hetero) is 3. The van der Waals surface area contributed by atoms with Crippen LogP contribution in [0.5, 0.6) is 5.75 Å². The number of rotatable bonds is 5. The van der Waals surface area contributed by atoms with Crippen molar-refractivity contribution in [3.8, 4) is 5.75 Å². The second-order valence-corrected chi connectivity index (χ2v) is 11.0. The normalized spacial score (nSPS) is 28.6.